The van der Waals surface area contributed by atoms with Crippen molar-refractivity contribution in [3.05, 3.63) is 22.2 Å². The minimum Gasteiger partial charge on any atom is -0.462 e. The lowest BCUT2D eigenvalue weighted by atomic mass is 9.95. The van der Waals surface area contributed by atoms with Gasteiger partial charge in [-0.3, -0.25) is 9.69 Å². The van der Waals surface area contributed by atoms with Crippen molar-refractivity contribution in [2.24, 2.45) is 0 Å². The number of fused-ring (bicyclic) bond motifs is 2. The summed E-state index contributed by atoms with van der Waals surface area (Å²) in [6.45, 7) is 8.81. The van der Waals surface area contributed by atoms with E-state index in [-0.39, 0.29) is 18.1 Å². The molecule has 29 heavy (non-hydrogen) atoms. The second-order valence-corrected chi connectivity index (χ2v) is 9.23. The number of nitrogens with zero attached hydrogens (tertiary/aromatic N) is 2. The molecule has 4 rings (SSSR count). The summed E-state index contributed by atoms with van der Waals surface area (Å²) < 4.78 is 11.1. The number of likely N-dealkylation sites (tertiary alicyclic amines) is 1. The van der Waals surface area contributed by atoms with E-state index in [0.717, 1.165) is 47.4 Å². The molecule has 2 aliphatic heterocycles. The largest absolute Gasteiger partial charge is 0.462 e. The Labute approximate surface area is 174 Å². The number of anilines is 1. The Bertz CT molecular complexity index is 947. The Morgan fingerprint density at radius 3 is 2.83 bits per heavy atom. The van der Waals surface area contributed by atoms with Crippen LogP contribution >= 0.6 is 11.3 Å². The number of ether oxygens (including phenoxy) is 2. The summed E-state index contributed by atoms with van der Waals surface area (Å²) in [7, 11) is 0. The van der Waals surface area contributed by atoms with Crippen molar-refractivity contribution >= 4 is 39.1 Å². The first kappa shape index (κ1) is 20.3. The quantitative estimate of drug-likeness (QED) is 0.752. The van der Waals surface area contributed by atoms with Gasteiger partial charge in [0.2, 0.25) is 5.91 Å². The number of pyridine rings is 1. The molecule has 2 aliphatic rings. The predicted molar refractivity (Wildman–Crippen MR) is 112 cm³/mol. The van der Waals surface area contributed by atoms with Gasteiger partial charge in [0.25, 0.3) is 0 Å². The third kappa shape index (κ3) is 4.29. The smallest absolute Gasteiger partial charge is 0.350 e. The molecule has 4 heterocycles. The first-order chi connectivity index (χ1) is 13.9. The van der Waals surface area contributed by atoms with E-state index in [9.17, 15) is 9.59 Å². The summed E-state index contributed by atoms with van der Waals surface area (Å²) in [6, 6.07) is 2.00. The van der Waals surface area contributed by atoms with Gasteiger partial charge in [-0.15, -0.1) is 11.3 Å². The maximum Gasteiger partial charge on any atom is 0.350 e. The molecule has 7 nitrogen and oxygen atoms in total. The molecule has 0 radical (unpaired) electrons. The SMILES string of the molecule is CCOC(=O)c1sc2nc3c(cc2c1NC(=O)CN1CCCC1)COC(C)(C)C3. The Kier molecular flexibility index (Phi) is 5.59. The van der Waals surface area contributed by atoms with Crippen molar-refractivity contribution in [3.63, 3.8) is 0 Å². The van der Waals surface area contributed by atoms with Crippen LogP contribution in [0.5, 0.6) is 0 Å². The predicted octanol–water partition coefficient (Wildman–Crippen LogP) is 3.36. The zero-order valence-electron chi connectivity index (χ0n) is 17.2. The second-order valence-electron chi connectivity index (χ2n) is 8.23. The minimum atomic E-state index is -0.429. The summed E-state index contributed by atoms with van der Waals surface area (Å²) >= 11 is 1.27. The molecular formula is C21H27N3O4S. The summed E-state index contributed by atoms with van der Waals surface area (Å²) in [6.07, 6.45) is 2.95. The van der Waals surface area contributed by atoms with E-state index in [2.05, 4.69) is 10.2 Å². The summed E-state index contributed by atoms with van der Waals surface area (Å²) in [5.74, 6) is -0.547. The standard InChI is InChI=1S/C21H27N3O4S/c1-4-27-20(26)18-17(23-16(25)11-24-7-5-6-8-24)14-9-13-12-28-21(2,3)10-15(13)22-19(14)29-18/h9H,4-8,10-12H2,1-3H3,(H,23,25). The average Bonchev–Trinajstić information content (AvgIpc) is 3.27. The lowest BCUT2D eigenvalue weighted by Gasteiger charge is -2.31. The monoisotopic (exact) mass is 417 g/mol. The van der Waals surface area contributed by atoms with Crippen LogP contribution in [-0.4, -0.2) is 53.6 Å². The van der Waals surface area contributed by atoms with E-state index in [0.29, 0.717) is 30.1 Å². The minimum absolute atomic E-state index is 0.118. The van der Waals surface area contributed by atoms with Gasteiger partial charge in [-0.2, -0.15) is 0 Å². The molecule has 2 aromatic heterocycles. The molecule has 0 unspecified atom stereocenters. The lowest BCUT2D eigenvalue weighted by molar-refractivity contribution is -0.117. The third-order valence-corrected chi connectivity index (χ3v) is 6.43. The van der Waals surface area contributed by atoms with E-state index in [1.807, 2.05) is 19.9 Å². The fraction of sp³-hybridized carbons (Fsp3) is 0.571. The third-order valence-electron chi connectivity index (χ3n) is 5.35. The van der Waals surface area contributed by atoms with Crippen LogP contribution in [0.15, 0.2) is 6.07 Å². The van der Waals surface area contributed by atoms with Crippen LogP contribution in [0.3, 0.4) is 0 Å². The van der Waals surface area contributed by atoms with Crippen molar-refractivity contribution in [3.8, 4) is 0 Å². The van der Waals surface area contributed by atoms with Crippen LogP contribution < -0.4 is 5.32 Å². The highest BCUT2D eigenvalue weighted by atomic mass is 32.1. The van der Waals surface area contributed by atoms with E-state index in [1.165, 1.54) is 11.3 Å². The Hall–Kier alpha value is -2.03. The zero-order valence-corrected chi connectivity index (χ0v) is 18.0. The molecule has 0 spiro atoms. The van der Waals surface area contributed by atoms with Crippen LogP contribution in [0.2, 0.25) is 0 Å². The molecule has 0 aliphatic carbocycles. The molecule has 8 heteroatoms. The summed E-state index contributed by atoms with van der Waals surface area (Å²) in [4.78, 5) is 33.3. The van der Waals surface area contributed by atoms with Crippen LogP contribution in [-0.2, 0) is 27.3 Å². The van der Waals surface area contributed by atoms with Gasteiger partial charge in [-0.05, 0) is 52.8 Å². The van der Waals surface area contributed by atoms with Crippen LogP contribution in [0.1, 0.15) is 54.5 Å². The van der Waals surface area contributed by atoms with Gasteiger partial charge in [-0.1, -0.05) is 0 Å². The molecular weight excluding hydrogens is 390 g/mol. The Balaban J connectivity index is 1.70. The van der Waals surface area contributed by atoms with Gasteiger partial charge in [-0.25, -0.2) is 9.78 Å². The van der Waals surface area contributed by atoms with Gasteiger partial charge in [0.1, 0.15) is 9.71 Å². The summed E-state index contributed by atoms with van der Waals surface area (Å²) in [5.41, 5.74) is 2.23. The van der Waals surface area contributed by atoms with Gasteiger partial charge >= 0.3 is 5.97 Å². The first-order valence-electron chi connectivity index (χ1n) is 10.1. The normalized spacial score (nSPS) is 18.6. The molecule has 1 fully saturated rings. The Morgan fingerprint density at radius 1 is 1.34 bits per heavy atom. The van der Waals surface area contributed by atoms with Crippen molar-refractivity contribution in [2.75, 3.05) is 31.6 Å². The van der Waals surface area contributed by atoms with Gasteiger partial charge in [0, 0.05) is 17.4 Å². The highest BCUT2D eigenvalue weighted by Gasteiger charge is 2.30. The second kappa shape index (κ2) is 8.01. The van der Waals surface area contributed by atoms with Crippen LogP contribution in [0, 0.1) is 0 Å². The molecule has 1 amide bonds. The highest BCUT2D eigenvalue weighted by molar-refractivity contribution is 7.21. The Morgan fingerprint density at radius 2 is 2.10 bits per heavy atom. The molecule has 0 saturated carbocycles. The number of carbonyl (C=O) groups is 2. The molecule has 0 aromatic carbocycles. The van der Waals surface area contributed by atoms with Crippen LogP contribution in [0.4, 0.5) is 5.69 Å². The molecule has 156 valence electrons. The van der Waals surface area contributed by atoms with E-state index in [1.54, 1.807) is 6.92 Å². The number of rotatable bonds is 5. The lowest BCUT2D eigenvalue weighted by Crippen LogP contribution is -2.32. The topological polar surface area (TPSA) is 80.8 Å². The number of hydrogen-bond donors (Lipinski definition) is 1. The molecule has 2 aromatic rings. The molecule has 1 saturated heterocycles. The highest BCUT2D eigenvalue weighted by Crippen LogP contribution is 2.38. The first-order valence-corrected chi connectivity index (χ1v) is 11.0. The average molecular weight is 418 g/mol. The number of esters is 1. The van der Waals surface area contributed by atoms with Gasteiger partial charge in [0.05, 0.1) is 36.7 Å². The number of hydrogen-bond acceptors (Lipinski definition) is 7. The van der Waals surface area contributed by atoms with Crippen molar-refractivity contribution in [2.45, 2.75) is 52.2 Å². The number of aromatic nitrogens is 1. The summed E-state index contributed by atoms with van der Waals surface area (Å²) in [5, 5.41) is 3.74. The van der Waals surface area contributed by atoms with E-state index >= 15 is 0 Å². The number of thiophene rings is 1. The maximum absolute atomic E-state index is 12.7. The number of carbonyl (C=O) groups excluding carboxylic acids is 2. The fourth-order valence-electron chi connectivity index (χ4n) is 3.89. The van der Waals surface area contributed by atoms with Gasteiger partial charge in [0.15, 0.2) is 0 Å². The number of nitrogens with one attached hydrogen (secondary N) is 1. The molecule has 0 bridgehead atoms. The van der Waals surface area contributed by atoms with Crippen LogP contribution in [0.25, 0.3) is 10.2 Å². The van der Waals surface area contributed by atoms with Crippen molar-refractivity contribution in [1.82, 2.24) is 9.88 Å². The molecule has 0 atom stereocenters. The zero-order chi connectivity index (χ0) is 20.6. The van der Waals surface area contributed by atoms with E-state index < -0.39 is 5.97 Å². The van der Waals surface area contributed by atoms with Crippen molar-refractivity contribution < 1.29 is 19.1 Å². The molecule has 1 N–H and O–H groups in total. The fourth-order valence-corrected chi connectivity index (χ4v) is 4.92. The van der Waals surface area contributed by atoms with Crippen molar-refractivity contribution in [1.29, 1.82) is 0 Å². The van der Waals surface area contributed by atoms with Gasteiger partial charge < -0.3 is 14.8 Å². The van der Waals surface area contributed by atoms with E-state index in [4.69, 9.17) is 14.5 Å². The number of amides is 1. The maximum atomic E-state index is 12.7.